The maximum atomic E-state index is 14.8. The maximum Gasteiger partial charge on any atom is 0.411 e. The SMILES string of the molecule is CC[C@H](C)[C@@H]([C@@H](CC(=O)N1CCC[C@H]1[C@H](OC)[C@@H](C)C(=O)N[C@@H](Cc1ccccc1)c1nccs1)OC)N(C)C(=O)[C@@H](NC(=O)[C@H](C(C)C)N(C)C(=O)OC(C(=O)N1CCN(C)CC1)c1ccc(C)cc1)C(C)C. The van der Waals surface area contributed by atoms with Crippen molar-refractivity contribution in [3.63, 3.8) is 0 Å². The van der Waals surface area contributed by atoms with Crippen molar-refractivity contribution in [1.29, 1.82) is 0 Å². The zero-order valence-electron chi connectivity index (χ0n) is 46.1. The molecule has 0 aliphatic carbocycles. The molecule has 0 saturated carbocycles. The van der Waals surface area contributed by atoms with E-state index in [1.165, 1.54) is 30.4 Å². The molecule has 2 fully saturated rings. The van der Waals surface area contributed by atoms with Gasteiger partial charge < -0.3 is 44.4 Å². The molecule has 0 spiro atoms. The van der Waals surface area contributed by atoms with Gasteiger partial charge in [0.15, 0.2) is 0 Å². The summed E-state index contributed by atoms with van der Waals surface area (Å²) in [7, 11) is 8.26. The number of aromatic nitrogens is 1. The number of aryl methyl sites for hydroxylation is 1. The van der Waals surface area contributed by atoms with Crippen molar-refractivity contribution >= 4 is 47.0 Å². The number of thiazole rings is 1. The lowest BCUT2D eigenvalue weighted by Crippen LogP contribution is -2.60. The lowest BCUT2D eigenvalue weighted by Gasteiger charge is -2.41. The van der Waals surface area contributed by atoms with Crippen molar-refractivity contribution in [2.75, 3.05) is 68.1 Å². The van der Waals surface area contributed by atoms with E-state index in [1.54, 1.807) is 61.0 Å². The van der Waals surface area contributed by atoms with Gasteiger partial charge in [-0.2, -0.15) is 0 Å². The van der Waals surface area contributed by atoms with Crippen LogP contribution in [0.4, 0.5) is 4.79 Å². The molecule has 2 aliphatic heterocycles. The lowest BCUT2D eigenvalue weighted by atomic mass is 9.89. The predicted octanol–water partition coefficient (Wildman–Crippen LogP) is 6.52. The number of carbonyl (C=O) groups is 6. The molecule has 10 atom stereocenters. The third-order valence-electron chi connectivity index (χ3n) is 15.1. The highest BCUT2D eigenvalue weighted by atomic mass is 32.1. The fourth-order valence-electron chi connectivity index (χ4n) is 10.5. The number of likely N-dealkylation sites (N-methyl/N-ethyl adjacent to an activating group) is 3. The molecule has 2 saturated heterocycles. The number of hydrogen-bond acceptors (Lipinski definition) is 12. The van der Waals surface area contributed by atoms with Gasteiger partial charge in [-0.25, -0.2) is 9.78 Å². The van der Waals surface area contributed by atoms with Crippen LogP contribution >= 0.6 is 11.3 Å². The lowest BCUT2D eigenvalue weighted by molar-refractivity contribution is -0.148. The van der Waals surface area contributed by atoms with E-state index in [0.717, 1.165) is 22.6 Å². The molecule has 2 aromatic carbocycles. The quantitative estimate of drug-likeness (QED) is 0.0997. The summed E-state index contributed by atoms with van der Waals surface area (Å²) in [6, 6.07) is 13.8. The van der Waals surface area contributed by atoms with Crippen LogP contribution in [-0.4, -0.2) is 170 Å². The van der Waals surface area contributed by atoms with Gasteiger partial charge in [-0.15, -0.1) is 11.3 Å². The largest absolute Gasteiger partial charge is 0.431 e. The van der Waals surface area contributed by atoms with Crippen LogP contribution in [0.5, 0.6) is 0 Å². The Kier molecular flexibility index (Phi) is 22.4. The van der Waals surface area contributed by atoms with Gasteiger partial charge in [-0.05, 0) is 56.6 Å². The van der Waals surface area contributed by atoms with Gasteiger partial charge in [0.05, 0.1) is 42.7 Å². The molecule has 5 rings (SSSR count). The van der Waals surface area contributed by atoms with E-state index in [4.69, 9.17) is 14.2 Å². The number of carbonyl (C=O) groups excluding carboxylic acids is 6. The summed E-state index contributed by atoms with van der Waals surface area (Å²) >= 11 is 1.49. The van der Waals surface area contributed by atoms with Crippen LogP contribution in [0.15, 0.2) is 66.2 Å². The average Bonchev–Trinajstić information content (AvgIpc) is 4.11. The number of ether oxygens (including phenoxy) is 3. The predicted molar refractivity (Wildman–Crippen MR) is 287 cm³/mol. The van der Waals surface area contributed by atoms with Crippen LogP contribution in [0.1, 0.15) is 108 Å². The Labute approximate surface area is 444 Å². The Hall–Kier alpha value is -5.43. The van der Waals surface area contributed by atoms with Crippen molar-refractivity contribution in [1.82, 2.24) is 40.1 Å². The van der Waals surface area contributed by atoms with E-state index >= 15 is 0 Å². The van der Waals surface area contributed by atoms with Gasteiger partial charge >= 0.3 is 6.09 Å². The number of methoxy groups -OCH3 is 2. The number of likely N-dealkylation sites (tertiary alicyclic amines) is 1. The van der Waals surface area contributed by atoms with E-state index < -0.39 is 60.3 Å². The molecule has 408 valence electrons. The minimum atomic E-state index is -1.23. The Bertz CT molecular complexity index is 2280. The Balaban J connectivity index is 1.29. The molecule has 74 heavy (non-hydrogen) atoms. The van der Waals surface area contributed by atoms with Crippen LogP contribution in [0, 0.1) is 30.6 Å². The Morgan fingerprint density at radius 3 is 2.05 bits per heavy atom. The van der Waals surface area contributed by atoms with Gasteiger partial charge in [0.25, 0.3) is 5.91 Å². The number of piperazine rings is 1. The third kappa shape index (κ3) is 15.1. The Morgan fingerprint density at radius 1 is 0.824 bits per heavy atom. The molecule has 0 bridgehead atoms. The number of nitrogens with zero attached hydrogens (tertiary/aromatic N) is 6. The van der Waals surface area contributed by atoms with Crippen LogP contribution in [0.2, 0.25) is 0 Å². The summed E-state index contributed by atoms with van der Waals surface area (Å²) in [4.78, 5) is 99.0. The minimum absolute atomic E-state index is 0.0399. The number of amides is 6. The molecule has 18 heteroatoms. The zero-order valence-corrected chi connectivity index (χ0v) is 46.9. The summed E-state index contributed by atoms with van der Waals surface area (Å²) in [6.07, 6.45) is 0.890. The second-order valence-corrected chi connectivity index (χ2v) is 22.0. The number of benzene rings is 2. The first-order chi connectivity index (χ1) is 35.2. The van der Waals surface area contributed by atoms with Gasteiger partial charge in [-0.3, -0.25) is 28.9 Å². The molecule has 6 amide bonds. The van der Waals surface area contributed by atoms with E-state index in [0.29, 0.717) is 57.5 Å². The summed E-state index contributed by atoms with van der Waals surface area (Å²) < 4.78 is 18.2. The van der Waals surface area contributed by atoms with Crippen molar-refractivity contribution < 1.29 is 43.0 Å². The maximum absolute atomic E-state index is 14.8. The molecule has 17 nitrogen and oxygen atoms in total. The van der Waals surface area contributed by atoms with E-state index in [1.807, 2.05) is 96.4 Å². The third-order valence-corrected chi connectivity index (χ3v) is 16.0. The standard InChI is InChI=1S/C56H84N8O9S/c1-14-38(7)48(44(71-12)34-45(65)64-27-18-21-43(64)49(72-13)39(8)51(66)58-42(53-57-26-32-74-53)33-40-19-16-15-17-20-40)61(10)54(68)46(35(2)3)59-52(67)47(36(4)5)62(11)56(70)73-50(41-24-22-37(6)23-25-41)55(69)63-30-28-60(9)29-31-63/h15-17,19-20,22-26,32,35-36,38-39,42-44,46-50H,14,18,21,27-31,33-34H2,1-13H3,(H,58,66)(H,59,67)/t38-,39+,42-,43-,44+,46-,47-,48-,49+,50?/m0/s1. The molecule has 3 aromatic rings. The van der Waals surface area contributed by atoms with Crippen LogP contribution in [-0.2, 0) is 44.6 Å². The number of nitrogens with one attached hydrogen (secondary N) is 2. The first-order valence-electron chi connectivity index (χ1n) is 26.4. The highest BCUT2D eigenvalue weighted by Crippen LogP contribution is 2.31. The molecule has 3 heterocycles. The molecule has 2 aliphatic rings. The molecule has 0 radical (unpaired) electrons. The molecular weight excluding hydrogens is 961 g/mol. The Morgan fingerprint density at radius 2 is 1.49 bits per heavy atom. The zero-order chi connectivity index (χ0) is 54.4. The fourth-order valence-corrected chi connectivity index (χ4v) is 11.1. The van der Waals surface area contributed by atoms with Gasteiger partial charge in [-0.1, -0.05) is 115 Å². The highest BCUT2D eigenvalue weighted by Gasteiger charge is 2.44. The monoisotopic (exact) mass is 1040 g/mol. The normalized spacial score (nSPS) is 18.9. The molecule has 1 unspecified atom stereocenters. The molecule has 2 N–H and O–H groups in total. The van der Waals surface area contributed by atoms with Crippen molar-refractivity contribution in [2.45, 2.75) is 136 Å². The van der Waals surface area contributed by atoms with Crippen LogP contribution in [0.25, 0.3) is 0 Å². The summed E-state index contributed by atoms with van der Waals surface area (Å²) in [5, 5.41) is 8.92. The average molecular weight is 1050 g/mol. The van der Waals surface area contributed by atoms with E-state index in [2.05, 4.69) is 20.5 Å². The van der Waals surface area contributed by atoms with Crippen LogP contribution in [0.3, 0.4) is 0 Å². The second-order valence-electron chi connectivity index (χ2n) is 21.0. The second kappa shape index (κ2) is 27.9. The fraction of sp³-hybridized carbons (Fsp3) is 0.625. The number of hydrogen-bond donors (Lipinski definition) is 2. The highest BCUT2D eigenvalue weighted by molar-refractivity contribution is 7.09. The topological polar surface area (TPSA) is 183 Å². The molecular formula is C56H84N8O9S. The summed E-state index contributed by atoms with van der Waals surface area (Å²) in [5.74, 6) is -3.17. The van der Waals surface area contributed by atoms with Crippen molar-refractivity contribution in [2.24, 2.45) is 23.7 Å². The van der Waals surface area contributed by atoms with E-state index in [9.17, 15) is 28.8 Å². The van der Waals surface area contributed by atoms with Gasteiger partial charge in [0.1, 0.15) is 17.1 Å². The van der Waals surface area contributed by atoms with E-state index in [-0.39, 0.29) is 54.0 Å². The smallest absolute Gasteiger partial charge is 0.411 e. The first-order valence-corrected chi connectivity index (χ1v) is 27.2. The van der Waals surface area contributed by atoms with Crippen molar-refractivity contribution in [3.05, 3.63) is 87.9 Å². The van der Waals surface area contributed by atoms with Crippen LogP contribution < -0.4 is 10.6 Å². The first kappa shape index (κ1) is 59.4. The minimum Gasteiger partial charge on any atom is -0.431 e. The molecule has 1 aromatic heterocycles. The van der Waals surface area contributed by atoms with Crippen molar-refractivity contribution in [3.8, 4) is 0 Å². The van der Waals surface area contributed by atoms with Gasteiger partial charge in [0.2, 0.25) is 29.7 Å². The summed E-state index contributed by atoms with van der Waals surface area (Å²) in [5.41, 5.74) is 2.58. The number of rotatable bonds is 24. The van der Waals surface area contributed by atoms with Gasteiger partial charge in [0, 0.05) is 78.2 Å². The summed E-state index contributed by atoms with van der Waals surface area (Å²) in [6.45, 7) is 17.9.